The van der Waals surface area contributed by atoms with Crippen molar-refractivity contribution < 1.29 is 23.0 Å². The summed E-state index contributed by atoms with van der Waals surface area (Å²) in [5.74, 6) is 1.09. The van der Waals surface area contributed by atoms with Crippen LogP contribution in [0.5, 0.6) is 11.5 Å². The van der Waals surface area contributed by atoms with E-state index in [-0.39, 0.29) is 41.9 Å². The molecule has 148 valence electrons. The molecule has 0 radical (unpaired) electrons. The second-order valence-corrected chi connectivity index (χ2v) is 6.03. The van der Waals surface area contributed by atoms with Crippen molar-refractivity contribution >= 4 is 29.9 Å². The van der Waals surface area contributed by atoms with Crippen LogP contribution in [0.15, 0.2) is 23.2 Å². The van der Waals surface area contributed by atoms with Crippen LogP contribution in [0.3, 0.4) is 0 Å². The van der Waals surface area contributed by atoms with Crippen LogP contribution >= 0.6 is 24.0 Å². The lowest BCUT2D eigenvalue weighted by atomic mass is 10.0. The maximum absolute atomic E-state index is 12.6. The van der Waals surface area contributed by atoms with Crippen molar-refractivity contribution in [2.75, 3.05) is 27.3 Å². The quantitative estimate of drug-likeness (QED) is 0.353. The standard InChI is InChI=1S/C17H25F2N3O3.HI/c1-17(7-4-8-24-17)11-22-16(20-2)21-10-12-5-6-13(23-3)9-14(12)25-15(18)19;/h5-6,9,15H,4,7-8,10-11H2,1-3H3,(H2,20,21,22);1H. The van der Waals surface area contributed by atoms with Gasteiger partial charge in [0.1, 0.15) is 11.5 Å². The van der Waals surface area contributed by atoms with Crippen LogP contribution in [0, 0.1) is 0 Å². The first-order chi connectivity index (χ1) is 12.0. The van der Waals surface area contributed by atoms with Gasteiger partial charge < -0.3 is 24.8 Å². The summed E-state index contributed by atoms with van der Waals surface area (Å²) in [4.78, 5) is 4.14. The second-order valence-electron chi connectivity index (χ2n) is 6.03. The molecule has 1 heterocycles. The smallest absolute Gasteiger partial charge is 0.387 e. The molecule has 0 bridgehead atoms. The van der Waals surface area contributed by atoms with Crippen molar-refractivity contribution in [3.63, 3.8) is 0 Å². The van der Waals surface area contributed by atoms with Crippen LogP contribution in [0.1, 0.15) is 25.3 Å². The second kappa shape index (κ2) is 10.7. The van der Waals surface area contributed by atoms with E-state index in [1.165, 1.54) is 13.2 Å². The van der Waals surface area contributed by atoms with Crippen molar-refractivity contribution in [2.24, 2.45) is 4.99 Å². The maximum Gasteiger partial charge on any atom is 0.387 e. The van der Waals surface area contributed by atoms with Gasteiger partial charge in [0.25, 0.3) is 0 Å². The Morgan fingerprint density at radius 1 is 1.38 bits per heavy atom. The Balaban J connectivity index is 0.00000338. The Bertz CT molecular complexity index is 597. The average molecular weight is 485 g/mol. The van der Waals surface area contributed by atoms with Gasteiger partial charge in [0.05, 0.1) is 12.7 Å². The average Bonchev–Trinajstić information content (AvgIpc) is 3.02. The highest BCUT2D eigenvalue weighted by atomic mass is 127. The molecule has 1 aromatic rings. The fourth-order valence-electron chi connectivity index (χ4n) is 2.66. The van der Waals surface area contributed by atoms with Crippen LogP contribution < -0.4 is 20.1 Å². The van der Waals surface area contributed by atoms with Crippen molar-refractivity contribution in [1.82, 2.24) is 10.6 Å². The number of nitrogens with zero attached hydrogens (tertiary/aromatic N) is 1. The first-order valence-electron chi connectivity index (χ1n) is 8.16. The molecule has 0 aliphatic carbocycles. The number of benzene rings is 1. The first kappa shape index (κ1) is 22.7. The zero-order valence-corrected chi connectivity index (χ0v) is 17.5. The van der Waals surface area contributed by atoms with E-state index in [9.17, 15) is 8.78 Å². The lowest BCUT2D eigenvalue weighted by Gasteiger charge is -2.24. The number of rotatable bonds is 7. The number of nitrogens with one attached hydrogen (secondary N) is 2. The molecule has 1 aliphatic heterocycles. The summed E-state index contributed by atoms with van der Waals surface area (Å²) in [6.45, 7) is 0.824. The Hall–Kier alpha value is -1.36. The summed E-state index contributed by atoms with van der Waals surface area (Å²) in [5, 5.41) is 6.30. The Labute approximate surface area is 169 Å². The zero-order valence-electron chi connectivity index (χ0n) is 15.2. The molecule has 1 unspecified atom stereocenters. The van der Waals surface area contributed by atoms with Gasteiger partial charge >= 0.3 is 6.61 Å². The molecule has 0 aromatic heterocycles. The summed E-state index contributed by atoms with van der Waals surface area (Å²) >= 11 is 0. The van der Waals surface area contributed by atoms with Crippen LogP contribution in [0.2, 0.25) is 0 Å². The predicted octanol–water partition coefficient (Wildman–Crippen LogP) is 3.15. The number of hydrogen-bond donors (Lipinski definition) is 2. The lowest BCUT2D eigenvalue weighted by Crippen LogP contribution is -2.45. The number of guanidine groups is 1. The van der Waals surface area contributed by atoms with E-state index >= 15 is 0 Å². The van der Waals surface area contributed by atoms with E-state index in [1.807, 2.05) is 0 Å². The zero-order chi connectivity index (χ0) is 18.3. The van der Waals surface area contributed by atoms with Gasteiger partial charge in [-0.3, -0.25) is 4.99 Å². The fourth-order valence-corrected chi connectivity index (χ4v) is 2.66. The largest absolute Gasteiger partial charge is 0.497 e. The SMILES string of the molecule is CN=C(NCc1ccc(OC)cc1OC(F)F)NCC1(C)CCCO1.I. The molecule has 1 aliphatic rings. The number of methoxy groups -OCH3 is 1. The first-order valence-corrected chi connectivity index (χ1v) is 8.16. The van der Waals surface area contributed by atoms with Crippen LogP contribution in [0.25, 0.3) is 0 Å². The predicted molar refractivity (Wildman–Crippen MR) is 107 cm³/mol. The molecule has 1 saturated heterocycles. The summed E-state index contributed by atoms with van der Waals surface area (Å²) in [5.41, 5.74) is 0.370. The number of alkyl halides is 2. The number of hydrogen-bond acceptors (Lipinski definition) is 4. The molecule has 0 saturated carbocycles. The van der Waals surface area contributed by atoms with E-state index in [4.69, 9.17) is 9.47 Å². The summed E-state index contributed by atoms with van der Waals surface area (Å²) in [6, 6.07) is 4.81. The lowest BCUT2D eigenvalue weighted by molar-refractivity contribution is -0.0505. The molecular weight excluding hydrogens is 459 g/mol. The van der Waals surface area contributed by atoms with Crippen molar-refractivity contribution in [1.29, 1.82) is 0 Å². The van der Waals surface area contributed by atoms with Crippen LogP contribution in [0.4, 0.5) is 8.78 Å². The minimum atomic E-state index is -2.90. The minimum absolute atomic E-state index is 0. The highest BCUT2D eigenvalue weighted by Crippen LogP contribution is 2.26. The van der Waals surface area contributed by atoms with Crippen LogP contribution in [-0.2, 0) is 11.3 Å². The fraction of sp³-hybridized carbons (Fsp3) is 0.588. The van der Waals surface area contributed by atoms with Gasteiger partial charge in [-0.05, 0) is 31.9 Å². The molecule has 0 amide bonds. The van der Waals surface area contributed by atoms with Crippen molar-refractivity contribution in [3.05, 3.63) is 23.8 Å². The molecule has 9 heteroatoms. The molecule has 6 nitrogen and oxygen atoms in total. The van der Waals surface area contributed by atoms with E-state index in [1.54, 1.807) is 19.2 Å². The van der Waals surface area contributed by atoms with Crippen molar-refractivity contribution in [3.8, 4) is 11.5 Å². The van der Waals surface area contributed by atoms with E-state index < -0.39 is 6.61 Å². The maximum atomic E-state index is 12.6. The third-order valence-electron chi connectivity index (χ3n) is 4.09. The topological polar surface area (TPSA) is 64.1 Å². The Morgan fingerprint density at radius 2 is 2.15 bits per heavy atom. The molecule has 26 heavy (non-hydrogen) atoms. The molecule has 0 spiro atoms. The van der Waals surface area contributed by atoms with Gasteiger partial charge in [-0.2, -0.15) is 8.78 Å². The molecule has 2 N–H and O–H groups in total. The van der Waals surface area contributed by atoms with E-state index in [0.29, 0.717) is 23.8 Å². The summed E-state index contributed by atoms with van der Waals surface area (Å²) in [7, 11) is 3.12. The van der Waals surface area contributed by atoms with E-state index in [0.717, 1.165) is 19.4 Å². The highest BCUT2D eigenvalue weighted by Gasteiger charge is 2.29. The molecule has 1 atom stereocenters. The van der Waals surface area contributed by atoms with Gasteiger partial charge in [-0.25, -0.2) is 0 Å². The number of halogens is 3. The summed E-state index contributed by atoms with van der Waals surface area (Å²) in [6.07, 6.45) is 2.03. The van der Waals surface area contributed by atoms with Gasteiger partial charge in [0.2, 0.25) is 0 Å². The van der Waals surface area contributed by atoms with Gasteiger partial charge in [0.15, 0.2) is 5.96 Å². The van der Waals surface area contributed by atoms with Gasteiger partial charge in [0, 0.05) is 38.4 Å². The molecule has 1 aromatic carbocycles. The summed E-state index contributed by atoms with van der Waals surface area (Å²) < 4.78 is 40.6. The Kier molecular flexibility index (Phi) is 9.34. The molecular formula is C17H26F2IN3O3. The van der Waals surface area contributed by atoms with Gasteiger partial charge in [-0.1, -0.05) is 0 Å². The third-order valence-corrected chi connectivity index (χ3v) is 4.09. The Morgan fingerprint density at radius 3 is 2.73 bits per heavy atom. The monoisotopic (exact) mass is 485 g/mol. The molecule has 2 rings (SSSR count). The molecule has 1 fully saturated rings. The minimum Gasteiger partial charge on any atom is -0.497 e. The third kappa shape index (κ3) is 6.75. The highest BCUT2D eigenvalue weighted by molar-refractivity contribution is 14.0. The number of aliphatic imine (C=N–C) groups is 1. The van der Waals surface area contributed by atoms with Crippen LogP contribution in [-0.4, -0.2) is 45.5 Å². The van der Waals surface area contributed by atoms with Gasteiger partial charge in [-0.15, -0.1) is 24.0 Å². The van der Waals surface area contributed by atoms with E-state index in [2.05, 4.69) is 27.3 Å². The normalized spacial score (nSPS) is 19.8. The van der Waals surface area contributed by atoms with Crippen molar-refractivity contribution in [2.45, 2.75) is 38.5 Å². The number of ether oxygens (including phenoxy) is 3.